The molecule has 4 aromatic rings. The van der Waals surface area contributed by atoms with Gasteiger partial charge in [0, 0.05) is 31.5 Å². The minimum atomic E-state index is 0.0483. The lowest BCUT2D eigenvalue weighted by Crippen LogP contribution is -2.28. The zero-order chi connectivity index (χ0) is 22.5. The van der Waals surface area contributed by atoms with E-state index in [9.17, 15) is 4.79 Å². The van der Waals surface area contributed by atoms with Gasteiger partial charge in [-0.05, 0) is 72.5 Å². The van der Waals surface area contributed by atoms with E-state index in [-0.39, 0.29) is 11.8 Å². The summed E-state index contributed by atoms with van der Waals surface area (Å²) in [7, 11) is 0. The van der Waals surface area contributed by atoms with Gasteiger partial charge in [0.15, 0.2) is 0 Å². The summed E-state index contributed by atoms with van der Waals surface area (Å²) < 4.78 is 10.3. The van der Waals surface area contributed by atoms with Crippen molar-refractivity contribution in [2.75, 3.05) is 18.5 Å². The van der Waals surface area contributed by atoms with Gasteiger partial charge in [-0.3, -0.25) is 4.79 Å². The summed E-state index contributed by atoms with van der Waals surface area (Å²) in [6.07, 6.45) is 7.28. The molecular weight excluding hydrogens is 517 g/mol. The number of ether oxygens (including phenoxy) is 1. The number of halogens is 1. The number of aromatic nitrogens is 4. The van der Waals surface area contributed by atoms with Crippen LogP contribution in [0.15, 0.2) is 48.8 Å². The van der Waals surface area contributed by atoms with E-state index in [1.54, 1.807) is 0 Å². The summed E-state index contributed by atoms with van der Waals surface area (Å²) in [5.41, 5.74) is 5.11. The SMILES string of the molecule is CCc1nn2ccccc2c1I.CCc1nn2ccccc2c1NC(=O)C1CCOCC1. The predicted octanol–water partition coefficient (Wildman–Crippen LogP) is 4.76. The van der Waals surface area contributed by atoms with E-state index in [0.717, 1.165) is 42.6 Å². The molecule has 0 atom stereocenters. The Balaban J connectivity index is 0.000000174. The van der Waals surface area contributed by atoms with Gasteiger partial charge in [-0.15, -0.1) is 0 Å². The fraction of sp³-hybridized carbons (Fsp3) is 0.375. The number of anilines is 1. The highest BCUT2D eigenvalue weighted by Crippen LogP contribution is 2.25. The quantitative estimate of drug-likeness (QED) is 0.376. The average molecular weight is 545 g/mol. The molecular formula is C24H28IN5O2. The number of nitrogens with zero attached hydrogens (tertiary/aromatic N) is 4. The minimum Gasteiger partial charge on any atom is -0.381 e. The van der Waals surface area contributed by atoms with Crippen molar-refractivity contribution < 1.29 is 9.53 Å². The molecule has 0 aromatic carbocycles. The van der Waals surface area contributed by atoms with Crippen LogP contribution >= 0.6 is 22.6 Å². The second kappa shape index (κ2) is 10.4. The first-order valence-corrected chi connectivity index (χ1v) is 12.2. The average Bonchev–Trinajstić information content (AvgIpc) is 3.37. The van der Waals surface area contributed by atoms with Gasteiger partial charge < -0.3 is 10.1 Å². The summed E-state index contributed by atoms with van der Waals surface area (Å²) in [6.45, 7) is 5.52. The Morgan fingerprint density at radius 2 is 1.59 bits per heavy atom. The highest BCUT2D eigenvalue weighted by Gasteiger charge is 2.23. The van der Waals surface area contributed by atoms with Crippen LogP contribution in [0.2, 0.25) is 0 Å². The first-order chi connectivity index (χ1) is 15.6. The number of pyridine rings is 2. The number of amides is 1. The van der Waals surface area contributed by atoms with Crippen LogP contribution in [0.1, 0.15) is 38.1 Å². The molecule has 0 unspecified atom stereocenters. The number of aryl methyl sites for hydroxylation is 2. The smallest absolute Gasteiger partial charge is 0.227 e. The van der Waals surface area contributed by atoms with Gasteiger partial charge in [-0.2, -0.15) is 10.2 Å². The van der Waals surface area contributed by atoms with Gasteiger partial charge in [-0.1, -0.05) is 26.0 Å². The van der Waals surface area contributed by atoms with Crippen LogP contribution in [0.25, 0.3) is 11.0 Å². The van der Waals surface area contributed by atoms with E-state index in [1.807, 2.05) is 58.7 Å². The lowest BCUT2D eigenvalue weighted by molar-refractivity contribution is -0.122. The van der Waals surface area contributed by atoms with Gasteiger partial charge >= 0.3 is 0 Å². The van der Waals surface area contributed by atoms with Crippen LogP contribution in [0.3, 0.4) is 0 Å². The summed E-state index contributed by atoms with van der Waals surface area (Å²) in [5, 5.41) is 12.0. The van der Waals surface area contributed by atoms with E-state index >= 15 is 0 Å². The zero-order valence-electron chi connectivity index (χ0n) is 18.4. The summed E-state index contributed by atoms with van der Waals surface area (Å²) in [4.78, 5) is 12.4. The van der Waals surface area contributed by atoms with Gasteiger partial charge in [0.05, 0.1) is 31.7 Å². The number of carbonyl (C=O) groups is 1. The summed E-state index contributed by atoms with van der Waals surface area (Å²) in [6, 6.07) is 12.0. The van der Waals surface area contributed by atoms with Crippen LogP contribution in [-0.4, -0.2) is 38.3 Å². The van der Waals surface area contributed by atoms with E-state index in [0.29, 0.717) is 13.2 Å². The third kappa shape index (κ3) is 4.80. The van der Waals surface area contributed by atoms with Crippen molar-refractivity contribution in [2.24, 2.45) is 5.92 Å². The third-order valence-electron chi connectivity index (χ3n) is 5.67. The van der Waals surface area contributed by atoms with Crippen molar-refractivity contribution in [3.8, 4) is 0 Å². The van der Waals surface area contributed by atoms with E-state index in [1.165, 1.54) is 14.8 Å². The molecule has 1 amide bonds. The Kier molecular flexibility index (Phi) is 7.41. The molecule has 1 aliphatic rings. The fourth-order valence-corrected chi connectivity index (χ4v) is 4.78. The number of hydrogen-bond acceptors (Lipinski definition) is 4. The molecule has 7 nitrogen and oxygen atoms in total. The molecule has 0 radical (unpaired) electrons. The normalized spacial score (nSPS) is 14.3. The van der Waals surface area contributed by atoms with E-state index < -0.39 is 0 Å². The van der Waals surface area contributed by atoms with Crippen LogP contribution in [0.5, 0.6) is 0 Å². The number of carbonyl (C=O) groups excluding carboxylic acids is 1. The fourth-order valence-electron chi connectivity index (χ4n) is 3.86. The maximum Gasteiger partial charge on any atom is 0.227 e. The van der Waals surface area contributed by atoms with E-state index in [2.05, 4.69) is 51.1 Å². The molecule has 5 heterocycles. The summed E-state index contributed by atoms with van der Waals surface area (Å²) >= 11 is 2.35. The molecule has 0 saturated carbocycles. The Morgan fingerprint density at radius 1 is 1.00 bits per heavy atom. The molecule has 1 N–H and O–H groups in total. The summed E-state index contributed by atoms with van der Waals surface area (Å²) in [5.74, 6) is 0.133. The van der Waals surface area contributed by atoms with Crippen LogP contribution in [0.4, 0.5) is 5.69 Å². The third-order valence-corrected chi connectivity index (χ3v) is 6.84. The van der Waals surface area contributed by atoms with Gasteiger partial charge in [0.25, 0.3) is 0 Å². The molecule has 1 fully saturated rings. The van der Waals surface area contributed by atoms with Gasteiger partial charge in [0.1, 0.15) is 0 Å². The molecule has 0 aliphatic carbocycles. The van der Waals surface area contributed by atoms with Crippen molar-refractivity contribution in [3.63, 3.8) is 0 Å². The van der Waals surface area contributed by atoms with Crippen LogP contribution < -0.4 is 5.32 Å². The van der Waals surface area contributed by atoms with E-state index in [4.69, 9.17) is 4.74 Å². The topological polar surface area (TPSA) is 72.9 Å². The van der Waals surface area contributed by atoms with Crippen molar-refractivity contribution in [1.82, 2.24) is 19.2 Å². The maximum atomic E-state index is 12.4. The molecule has 168 valence electrons. The van der Waals surface area contributed by atoms with Gasteiger partial charge in [0.2, 0.25) is 5.91 Å². The molecule has 32 heavy (non-hydrogen) atoms. The highest BCUT2D eigenvalue weighted by atomic mass is 127. The molecule has 4 aromatic heterocycles. The maximum absolute atomic E-state index is 12.4. The second-order valence-corrected chi connectivity index (χ2v) is 8.81. The molecule has 1 saturated heterocycles. The number of rotatable bonds is 4. The minimum absolute atomic E-state index is 0.0483. The monoisotopic (exact) mass is 545 g/mol. The zero-order valence-corrected chi connectivity index (χ0v) is 20.6. The van der Waals surface area contributed by atoms with Crippen molar-refractivity contribution in [1.29, 1.82) is 0 Å². The number of nitrogens with one attached hydrogen (secondary N) is 1. The standard InChI is InChI=1S/C15H19N3O2.C9H9IN2/c1-2-12-14(13-5-3-4-8-18(13)17-12)16-15(19)11-6-9-20-10-7-11;1-2-7-9(10)8-5-3-4-6-12(8)11-7/h3-5,8,11H,2,6-7,9-10H2,1H3,(H,16,19);3-6H,2H2,1H3. The number of hydrogen-bond donors (Lipinski definition) is 1. The number of fused-ring (bicyclic) bond motifs is 2. The van der Waals surface area contributed by atoms with Crippen molar-refractivity contribution in [3.05, 3.63) is 63.7 Å². The second-order valence-electron chi connectivity index (χ2n) is 7.73. The molecule has 5 rings (SSSR count). The largest absolute Gasteiger partial charge is 0.381 e. The van der Waals surface area contributed by atoms with Crippen LogP contribution in [0, 0.1) is 9.49 Å². The Morgan fingerprint density at radius 3 is 2.22 bits per heavy atom. The Hall–Kier alpha value is -2.46. The molecule has 0 bridgehead atoms. The molecule has 0 spiro atoms. The lowest BCUT2D eigenvalue weighted by Gasteiger charge is -2.21. The van der Waals surface area contributed by atoms with Crippen LogP contribution in [-0.2, 0) is 22.4 Å². The van der Waals surface area contributed by atoms with Crippen molar-refractivity contribution >= 4 is 45.2 Å². The first kappa shape index (κ1) is 22.7. The van der Waals surface area contributed by atoms with Crippen molar-refractivity contribution in [2.45, 2.75) is 39.5 Å². The molecule has 8 heteroatoms. The molecule has 1 aliphatic heterocycles. The lowest BCUT2D eigenvalue weighted by atomic mass is 9.99. The van der Waals surface area contributed by atoms with Gasteiger partial charge in [-0.25, -0.2) is 9.03 Å². The Bertz CT molecular complexity index is 1210. The Labute approximate surface area is 201 Å². The first-order valence-electron chi connectivity index (χ1n) is 11.1. The highest BCUT2D eigenvalue weighted by molar-refractivity contribution is 14.1. The predicted molar refractivity (Wildman–Crippen MR) is 134 cm³/mol.